The van der Waals surface area contributed by atoms with Crippen LogP contribution in [-0.4, -0.2) is 9.97 Å². The number of rotatable bonds is 0. The maximum absolute atomic E-state index is 4.29. The highest BCUT2D eigenvalue weighted by atomic mass is 127. The van der Waals surface area contributed by atoms with Gasteiger partial charge >= 0.3 is 0 Å². The maximum Gasteiger partial charge on any atom is 0.138 e. The van der Waals surface area contributed by atoms with E-state index < -0.39 is 0 Å². The highest BCUT2D eigenvalue weighted by Gasteiger charge is 2.03. The smallest absolute Gasteiger partial charge is 0.138 e. The molecule has 0 saturated heterocycles. The van der Waals surface area contributed by atoms with Crippen molar-refractivity contribution in [2.75, 3.05) is 0 Å². The summed E-state index contributed by atoms with van der Waals surface area (Å²) in [4.78, 5) is 7.58. The summed E-state index contributed by atoms with van der Waals surface area (Å²) in [7, 11) is 0. The van der Waals surface area contributed by atoms with Gasteiger partial charge in [-0.05, 0) is 52.9 Å². The summed E-state index contributed by atoms with van der Waals surface area (Å²) >= 11 is 2.32. The van der Waals surface area contributed by atoms with Crippen molar-refractivity contribution in [3.63, 3.8) is 0 Å². The number of pyridine rings is 1. The van der Waals surface area contributed by atoms with Crippen LogP contribution in [0, 0.1) is 3.57 Å². The lowest BCUT2D eigenvalue weighted by Gasteiger charge is -1.91. The quantitative estimate of drug-likeness (QED) is 0.633. The van der Waals surface area contributed by atoms with Gasteiger partial charge in [0.25, 0.3) is 0 Å². The van der Waals surface area contributed by atoms with Crippen molar-refractivity contribution >= 4 is 44.5 Å². The molecule has 3 aromatic rings. The molecule has 1 aromatic carbocycles. The van der Waals surface area contributed by atoms with Gasteiger partial charge in [0.1, 0.15) is 5.65 Å². The summed E-state index contributed by atoms with van der Waals surface area (Å²) in [6.45, 7) is 0. The van der Waals surface area contributed by atoms with Gasteiger partial charge in [0, 0.05) is 26.1 Å². The number of halogens is 1. The van der Waals surface area contributed by atoms with E-state index in [-0.39, 0.29) is 0 Å². The molecular formula is C11H7IN2. The normalized spacial score (nSPS) is 11.2. The standard InChI is InChI=1S/C11H7IN2/c12-7-3-4-10-9(6-7)8-2-1-5-13-11(8)14-10/h1-6H,(H,13,14). The molecule has 0 atom stereocenters. The fraction of sp³-hybridized carbons (Fsp3) is 0. The van der Waals surface area contributed by atoms with Crippen LogP contribution in [0.25, 0.3) is 21.9 Å². The molecule has 3 heteroatoms. The summed E-state index contributed by atoms with van der Waals surface area (Å²) in [5.74, 6) is 0. The van der Waals surface area contributed by atoms with Crippen LogP contribution in [0.5, 0.6) is 0 Å². The minimum absolute atomic E-state index is 0.963. The first kappa shape index (κ1) is 8.23. The molecule has 0 bridgehead atoms. The molecule has 0 amide bonds. The summed E-state index contributed by atoms with van der Waals surface area (Å²) in [6.07, 6.45) is 1.81. The number of benzene rings is 1. The van der Waals surface area contributed by atoms with Gasteiger partial charge in [-0.25, -0.2) is 4.98 Å². The van der Waals surface area contributed by atoms with Gasteiger partial charge in [-0.3, -0.25) is 0 Å². The van der Waals surface area contributed by atoms with Crippen molar-refractivity contribution in [2.45, 2.75) is 0 Å². The first-order chi connectivity index (χ1) is 6.84. The van der Waals surface area contributed by atoms with Crippen molar-refractivity contribution in [3.05, 3.63) is 40.1 Å². The zero-order valence-corrected chi connectivity index (χ0v) is 9.45. The Balaban J connectivity index is 2.58. The number of hydrogen-bond donors (Lipinski definition) is 1. The number of hydrogen-bond acceptors (Lipinski definition) is 1. The van der Waals surface area contributed by atoms with Crippen molar-refractivity contribution < 1.29 is 0 Å². The van der Waals surface area contributed by atoms with Gasteiger partial charge in [-0.15, -0.1) is 0 Å². The fourth-order valence-corrected chi connectivity index (χ4v) is 2.19. The van der Waals surface area contributed by atoms with E-state index in [9.17, 15) is 0 Å². The van der Waals surface area contributed by atoms with E-state index in [1.807, 2.05) is 12.3 Å². The van der Waals surface area contributed by atoms with E-state index in [1.54, 1.807) is 0 Å². The highest BCUT2D eigenvalue weighted by Crippen LogP contribution is 2.24. The van der Waals surface area contributed by atoms with Crippen LogP contribution < -0.4 is 0 Å². The SMILES string of the molecule is Ic1ccc2[nH]c3ncccc3c2c1. The number of fused-ring (bicyclic) bond motifs is 3. The van der Waals surface area contributed by atoms with Crippen LogP contribution >= 0.6 is 22.6 Å². The minimum atomic E-state index is 0.963. The zero-order chi connectivity index (χ0) is 9.54. The molecule has 0 aliphatic heterocycles. The van der Waals surface area contributed by atoms with E-state index in [4.69, 9.17) is 0 Å². The van der Waals surface area contributed by atoms with Crippen LogP contribution in [0.2, 0.25) is 0 Å². The predicted octanol–water partition coefficient (Wildman–Crippen LogP) is 3.32. The summed E-state index contributed by atoms with van der Waals surface area (Å²) in [6, 6.07) is 10.4. The second-order valence-corrected chi connectivity index (χ2v) is 4.46. The Morgan fingerprint density at radius 2 is 2.07 bits per heavy atom. The topological polar surface area (TPSA) is 28.7 Å². The Kier molecular flexibility index (Phi) is 1.73. The predicted molar refractivity (Wildman–Crippen MR) is 66.3 cm³/mol. The molecule has 68 valence electrons. The summed E-state index contributed by atoms with van der Waals surface area (Å²) in [5, 5.41) is 2.45. The van der Waals surface area contributed by atoms with Crippen molar-refractivity contribution in [3.8, 4) is 0 Å². The molecule has 1 N–H and O–H groups in total. The van der Waals surface area contributed by atoms with Gasteiger partial charge in [-0.2, -0.15) is 0 Å². The summed E-state index contributed by atoms with van der Waals surface area (Å²) in [5.41, 5.74) is 2.11. The fourth-order valence-electron chi connectivity index (χ4n) is 1.70. The Labute approximate surface area is 94.5 Å². The monoisotopic (exact) mass is 294 g/mol. The van der Waals surface area contributed by atoms with Crippen LogP contribution in [0.15, 0.2) is 36.5 Å². The number of nitrogens with one attached hydrogen (secondary N) is 1. The third-order valence-corrected chi connectivity index (χ3v) is 3.00. The van der Waals surface area contributed by atoms with E-state index in [2.05, 4.69) is 56.8 Å². The van der Waals surface area contributed by atoms with Crippen LogP contribution in [0.4, 0.5) is 0 Å². The molecular weight excluding hydrogens is 287 g/mol. The molecule has 2 aromatic heterocycles. The van der Waals surface area contributed by atoms with E-state index in [0.29, 0.717) is 0 Å². The van der Waals surface area contributed by atoms with Crippen molar-refractivity contribution in [1.82, 2.24) is 9.97 Å². The molecule has 0 aliphatic rings. The third kappa shape index (κ3) is 1.12. The van der Waals surface area contributed by atoms with Gasteiger partial charge in [0.2, 0.25) is 0 Å². The van der Waals surface area contributed by atoms with Gasteiger partial charge in [0.15, 0.2) is 0 Å². The summed E-state index contributed by atoms with van der Waals surface area (Å²) < 4.78 is 1.25. The molecule has 0 unspecified atom stereocenters. The zero-order valence-electron chi connectivity index (χ0n) is 7.29. The first-order valence-corrected chi connectivity index (χ1v) is 5.44. The second kappa shape index (κ2) is 2.95. The Morgan fingerprint density at radius 1 is 1.14 bits per heavy atom. The third-order valence-electron chi connectivity index (χ3n) is 2.33. The first-order valence-electron chi connectivity index (χ1n) is 4.36. The van der Waals surface area contributed by atoms with Gasteiger partial charge in [0.05, 0.1) is 0 Å². The Morgan fingerprint density at radius 3 is 3.00 bits per heavy atom. The highest BCUT2D eigenvalue weighted by molar-refractivity contribution is 14.1. The molecule has 2 nitrogen and oxygen atoms in total. The number of aromatic nitrogens is 2. The second-order valence-electron chi connectivity index (χ2n) is 3.21. The molecule has 0 aliphatic carbocycles. The largest absolute Gasteiger partial charge is 0.339 e. The average molecular weight is 294 g/mol. The van der Waals surface area contributed by atoms with Gasteiger partial charge < -0.3 is 4.98 Å². The van der Waals surface area contributed by atoms with Gasteiger partial charge in [-0.1, -0.05) is 0 Å². The van der Waals surface area contributed by atoms with Crippen LogP contribution in [-0.2, 0) is 0 Å². The maximum atomic E-state index is 4.29. The molecule has 0 radical (unpaired) electrons. The molecule has 3 rings (SSSR count). The van der Waals surface area contributed by atoms with Crippen LogP contribution in [0.1, 0.15) is 0 Å². The van der Waals surface area contributed by atoms with E-state index in [1.165, 1.54) is 14.3 Å². The lowest BCUT2D eigenvalue weighted by atomic mass is 10.2. The van der Waals surface area contributed by atoms with E-state index >= 15 is 0 Å². The molecule has 0 spiro atoms. The number of aromatic amines is 1. The molecule has 14 heavy (non-hydrogen) atoms. The molecule has 0 saturated carbocycles. The molecule has 2 heterocycles. The Hall–Kier alpha value is -1.10. The number of nitrogens with zero attached hydrogens (tertiary/aromatic N) is 1. The number of H-pyrrole nitrogens is 1. The van der Waals surface area contributed by atoms with Crippen LogP contribution in [0.3, 0.4) is 0 Å². The van der Waals surface area contributed by atoms with E-state index in [0.717, 1.165) is 11.2 Å². The lowest BCUT2D eigenvalue weighted by molar-refractivity contribution is 1.35. The van der Waals surface area contributed by atoms with Crippen molar-refractivity contribution in [2.24, 2.45) is 0 Å². The lowest BCUT2D eigenvalue weighted by Crippen LogP contribution is -1.71. The average Bonchev–Trinajstić information content (AvgIpc) is 2.56. The Bertz CT molecular complexity index is 613. The molecule has 0 fully saturated rings. The minimum Gasteiger partial charge on any atom is -0.339 e. The van der Waals surface area contributed by atoms with Crippen molar-refractivity contribution in [1.29, 1.82) is 0 Å².